The largest absolute Gasteiger partial charge is 0.489 e. The molecule has 0 saturated carbocycles. The van der Waals surface area contributed by atoms with E-state index in [9.17, 15) is 4.79 Å². The number of aryl methyl sites for hydroxylation is 1. The van der Waals surface area contributed by atoms with Crippen LogP contribution in [0.3, 0.4) is 0 Å². The molecule has 2 aromatic rings. The number of amides is 1. The number of para-hydroxylation sites is 1. The van der Waals surface area contributed by atoms with E-state index in [1.54, 1.807) is 30.6 Å². The molecule has 0 aliphatic rings. The van der Waals surface area contributed by atoms with Gasteiger partial charge in [0.15, 0.2) is 0 Å². The van der Waals surface area contributed by atoms with Gasteiger partial charge in [0.05, 0.1) is 11.7 Å². The fraction of sp³-hybridized carbons (Fsp3) is 0.286. The van der Waals surface area contributed by atoms with Crippen LogP contribution in [0.4, 0.5) is 0 Å². The van der Waals surface area contributed by atoms with Gasteiger partial charge in [-0.2, -0.15) is 0 Å². The topological polar surface area (TPSA) is 71.5 Å². The average Bonchev–Trinajstić information content (AvgIpc) is 2.37. The zero-order chi connectivity index (χ0) is 14.0. The molecule has 19 heavy (non-hydrogen) atoms. The van der Waals surface area contributed by atoms with Gasteiger partial charge in [-0.1, -0.05) is 12.1 Å². The van der Waals surface area contributed by atoms with E-state index in [0.717, 1.165) is 0 Å². The van der Waals surface area contributed by atoms with Gasteiger partial charge in [-0.15, -0.1) is 0 Å². The maximum absolute atomic E-state index is 11.7. The van der Waals surface area contributed by atoms with E-state index >= 15 is 0 Å². The summed E-state index contributed by atoms with van der Waals surface area (Å²) in [4.78, 5) is 16.1. The molecule has 0 radical (unpaired) electrons. The third-order valence-electron chi connectivity index (χ3n) is 2.64. The number of hydroxylamine groups is 1. The molecule has 100 valence electrons. The van der Waals surface area contributed by atoms with Crippen LogP contribution < -0.4 is 10.2 Å². The Morgan fingerprint density at radius 1 is 1.42 bits per heavy atom. The average molecular weight is 260 g/mol. The smallest absolute Gasteiger partial charge is 0.275 e. The van der Waals surface area contributed by atoms with Gasteiger partial charge < -0.3 is 4.74 Å². The van der Waals surface area contributed by atoms with E-state index in [4.69, 9.17) is 9.94 Å². The first-order valence-corrected chi connectivity index (χ1v) is 6.04. The van der Waals surface area contributed by atoms with Crippen molar-refractivity contribution in [3.05, 3.63) is 35.5 Å². The van der Waals surface area contributed by atoms with Crippen molar-refractivity contribution in [3.63, 3.8) is 0 Å². The number of fused-ring (bicyclic) bond motifs is 1. The number of benzene rings is 1. The molecule has 1 aromatic carbocycles. The Bertz CT molecular complexity index is 623. The highest BCUT2D eigenvalue weighted by molar-refractivity contribution is 6.06. The maximum Gasteiger partial charge on any atom is 0.275 e. The van der Waals surface area contributed by atoms with Crippen molar-refractivity contribution in [2.45, 2.75) is 26.9 Å². The SMILES string of the molecule is Cc1cc(C(=O)NO)c2cccc(OC(C)C)c2n1. The van der Waals surface area contributed by atoms with Crippen LogP contribution in [-0.2, 0) is 0 Å². The van der Waals surface area contributed by atoms with Crippen LogP contribution in [0.15, 0.2) is 24.3 Å². The van der Waals surface area contributed by atoms with Crippen molar-refractivity contribution in [2.75, 3.05) is 0 Å². The van der Waals surface area contributed by atoms with E-state index in [1.807, 2.05) is 19.9 Å². The van der Waals surface area contributed by atoms with Gasteiger partial charge in [0.2, 0.25) is 0 Å². The van der Waals surface area contributed by atoms with E-state index in [-0.39, 0.29) is 6.10 Å². The molecular formula is C14H16N2O3. The molecule has 0 spiro atoms. The van der Waals surface area contributed by atoms with Gasteiger partial charge in [0.1, 0.15) is 11.3 Å². The highest BCUT2D eigenvalue weighted by atomic mass is 16.5. The molecule has 2 rings (SSSR count). The molecule has 0 aliphatic heterocycles. The van der Waals surface area contributed by atoms with Crippen LogP contribution in [0.1, 0.15) is 29.9 Å². The molecule has 0 fully saturated rings. The number of aromatic nitrogens is 1. The first kappa shape index (κ1) is 13.3. The minimum Gasteiger partial charge on any atom is -0.489 e. The predicted molar refractivity (Wildman–Crippen MR) is 71.5 cm³/mol. The second kappa shape index (κ2) is 5.24. The van der Waals surface area contributed by atoms with Gasteiger partial charge in [-0.25, -0.2) is 10.5 Å². The van der Waals surface area contributed by atoms with E-state index in [1.165, 1.54) is 0 Å². The summed E-state index contributed by atoms with van der Waals surface area (Å²) in [6.07, 6.45) is 0.0167. The highest BCUT2D eigenvalue weighted by Gasteiger charge is 2.14. The zero-order valence-electron chi connectivity index (χ0n) is 11.1. The van der Waals surface area contributed by atoms with Crippen LogP contribution >= 0.6 is 0 Å². The van der Waals surface area contributed by atoms with Crippen molar-refractivity contribution < 1.29 is 14.7 Å². The van der Waals surface area contributed by atoms with Crippen LogP contribution in [0.5, 0.6) is 5.75 Å². The lowest BCUT2D eigenvalue weighted by molar-refractivity contribution is 0.0708. The highest BCUT2D eigenvalue weighted by Crippen LogP contribution is 2.27. The maximum atomic E-state index is 11.7. The van der Waals surface area contributed by atoms with Gasteiger partial charge >= 0.3 is 0 Å². The number of carbonyl (C=O) groups excluding carboxylic acids is 1. The third kappa shape index (κ3) is 2.66. The molecule has 0 atom stereocenters. The Morgan fingerprint density at radius 3 is 2.79 bits per heavy atom. The molecule has 1 heterocycles. The number of ether oxygens (including phenoxy) is 1. The van der Waals surface area contributed by atoms with E-state index in [2.05, 4.69) is 4.98 Å². The number of pyridine rings is 1. The minimum atomic E-state index is -0.558. The first-order chi connectivity index (χ1) is 9.02. The second-order valence-corrected chi connectivity index (χ2v) is 4.57. The second-order valence-electron chi connectivity index (χ2n) is 4.57. The molecule has 0 unspecified atom stereocenters. The van der Waals surface area contributed by atoms with Gasteiger partial charge in [0.25, 0.3) is 5.91 Å². The zero-order valence-corrected chi connectivity index (χ0v) is 11.1. The van der Waals surface area contributed by atoms with Crippen molar-refractivity contribution in [3.8, 4) is 5.75 Å². The fourth-order valence-corrected chi connectivity index (χ4v) is 1.95. The standard InChI is InChI=1S/C14H16N2O3/c1-8(2)19-12-6-4-5-10-11(14(17)16-18)7-9(3)15-13(10)12/h4-8,18H,1-3H3,(H,16,17). The van der Waals surface area contributed by atoms with Crippen LogP contribution in [-0.4, -0.2) is 22.2 Å². The summed E-state index contributed by atoms with van der Waals surface area (Å²) in [5.74, 6) is 0.0698. The molecule has 1 aromatic heterocycles. The molecule has 5 heteroatoms. The van der Waals surface area contributed by atoms with E-state index in [0.29, 0.717) is 27.9 Å². The lowest BCUT2D eigenvalue weighted by Crippen LogP contribution is -2.19. The van der Waals surface area contributed by atoms with Gasteiger partial charge in [-0.05, 0) is 32.9 Å². The summed E-state index contributed by atoms with van der Waals surface area (Å²) >= 11 is 0. The first-order valence-electron chi connectivity index (χ1n) is 6.04. The lowest BCUT2D eigenvalue weighted by atomic mass is 10.1. The molecule has 0 saturated heterocycles. The summed E-state index contributed by atoms with van der Waals surface area (Å²) in [7, 11) is 0. The minimum absolute atomic E-state index is 0.0167. The molecular weight excluding hydrogens is 244 g/mol. The number of carbonyl (C=O) groups is 1. The third-order valence-corrected chi connectivity index (χ3v) is 2.64. The number of nitrogens with zero attached hydrogens (tertiary/aromatic N) is 1. The molecule has 0 aliphatic carbocycles. The summed E-state index contributed by atoms with van der Waals surface area (Å²) in [5, 5.41) is 9.45. The summed E-state index contributed by atoms with van der Waals surface area (Å²) in [6.45, 7) is 5.64. The number of hydrogen-bond acceptors (Lipinski definition) is 4. The molecule has 2 N–H and O–H groups in total. The Labute approximate surface area is 111 Å². The monoisotopic (exact) mass is 260 g/mol. The van der Waals surface area contributed by atoms with Crippen LogP contribution in [0.25, 0.3) is 10.9 Å². The van der Waals surface area contributed by atoms with Crippen molar-refractivity contribution in [1.29, 1.82) is 0 Å². The van der Waals surface area contributed by atoms with Crippen molar-refractivity contribution >= 4 is 16.8 Å². The number of rotatable bonds is 3. The number of nitrogens with one attached hydrogen (secondary N) is 1. The Kier molecular flexibility index (Phi) is 3.66. The molecule has 1 amide bonds. The predicted octanol–water partition coefficient (Wildman–Crippen LogP) is 2.45. The van der Waals surface area contributed by atoms with Gasteiger partial charge in [0, 0.05) is 11.1 Å². The number of hydrogen-bond donors (Lipinski definition) is 2. The molecule has 5 nitrogen and oxygen atoms in total. The molecule has 0 bridgehead atoms. The van der Waals surface area contributed by atoms with Crippen molar-refractivity contribution in [1.82, 2.24) is 10.5 Å². The lowest BCUT2D eigenvalue weighted by Gasteiger charge is -2.13. The van der Waals surface area contributed by atoms with Crippen molar-refractivity contribution in [2.24, 2.45) is 0 Å². The Morgan fingerprint density at radius 2 is 2.16 bits per heavy atom. The van der Waals surface area contributed by atoms with E-state index < -0.39 is 5.91 Å². The summed E-state index contributed by atoms with van der Waals surface area (Å²) in [5.41, 5.74) is 3.33. The quantitative estimate of drug-likeness (QED) is 0.657. The fourth-order valence-electron chi connectivity index (χ4n) is 1.95. The summed E-state index contributed by atoms with van der Waals surface area (Å²) < 4.78 is 5.69. The normalized spacial score (nSPS) is 10.8. The van der Waals surface area contributed by atoms with Crippen LogP contribution in [0.2, 0.25) is 0 Å². The summed E-state index contributed by atoms with van der Waals surface area (Å²) in [6, 6.07) is 7.02. The Hall–Kier alpha value is -2.14. The van der Waals surface area contributed by atoms with Gasteiger partial charge in [-0.3, -0.25) is 10.0 Å². The van der Waals surface area contributed by atoms with Crippen LogP contribution in [0, 0.1) is 6.92 Å². The Balaban J connectivity index is 2.69.